The summed E-state index contributed by atoms with van der Waals surface area (Å²) in [6.07, 6.45) is -3.34. The summed E-state index contributed by atoms with van der Waals surface area (Å²) in [7, 11) is 0. The first-order chi connectivity index (χ1) is 19.5. The lowest BCUT2D eigenvalue weighted by atomic mass is 10.1. The highest BCUT2D eigenvalue weighted by molar-refractivity contribution is 5.95. The van der Waals surface area contributed by atoms with E-state index in [0.717, 1.165) is 22.8 Å². The summed E-state index contributed by atoms with van der Waals surface area (Å²) >= 11 is 0. The van der Waals surface area contributed by atoms with Crippen molar-refractivity contribution in [1.29, 1.82) is 0 Å². The van der Waals surface area contributed by atoms with Crippen LogP contribution in [0.5, 0.6) is 5.75 Å². The second-order valence-electron chi connectivity index (χ2n) is 8.79. The summed E-state index contributed by atoms with van der Waals surface area (Å²) in [5.74, 6) is -2.25. The Morgan fingerprint density at radius 2 is 1.59 bits per heavy atom. The average molecular weight is 564 g/mol. The van der Waals surface area contributed by atoms with E-state index in [0.29, 0.717) is 11.2 Å². The van der Waals surface area contributed by atoms with Crippen molar-refractivity contribution in [3.05, 3.63) is 108 Å². The first-order valence-corrected chi connectivity index (χ1v) is 12.0. The number of alkyl halides is 3. The van der Waals surface area contributed by atoms with E-state index in [9.17, 15) is 27.2 Å². The molecule has 41 heavy (non-hydrogen) atoms. The number of fused-ring (bicyclic) bond motifs is 1. The fourth-order valence-electron chi connectivity index (χ4n) is 3.92. The Bertz CT molecular complexity index is 1740. The van der Waals surface area contributed by atoms with Crippen LogP contribution in [0.25, 0.3) is 16.8 Å². The third kappa shape index (κ3) is 6.58. The Morgan fingerprint density at radius 3 is 2.27 bits per heavy atom. The second kappa shape index (κ2) is 11.0. The lowest BCUT2D eigenvalue weighted by Crippen LogP contribution is -2.22. The number of primary amides is 1. The predicted molar refractivity (Wildman–Crippen MR) is 141 cm³/mol. The molecule has 2 heterocycles. The molecule has 0 radical (unpaired) electrons. The van der Waals surface area contributed by atoms with Crippen LogP contribution in [0.15, 0.2) is 85.1 Å². The number of rotatable bonds is 8. The number of aromatic nitrogens is 3. The molecule has 13 heteroatoms. The molecule has 0 atom stereocenters. The number of anilines is 2. The van der Waals surface area contributed by atoms with Gasteiger partial charge in [-0.05, 0) is 65.7 Å². The van der Waals surface area contributed by atoms with Crippen LogP contribution < -0.4 is 21.1 Å². The van der Waals surface area contributed by atoms with Crippen LogP contribution in [0.1, 0.15) is 26.3 Å². The van der Waals surface area contributed by atoms with Crippen LogP contribution in [0.4, 0.5) is 29.2 Å². The number of hydrogen-bond acceptors (Lipinski definition) is 6. The summed E-state index contributed by atoms with van der Waals surface area (Å²) in [5, 5.41) is 9.73. The number of hydrogen-bond donors (Lipinski definition) is 3. The summed E-state index contributed by atoms with van der Waals surface area (Å²) in [4.78, 5) is 28.2. The normalized spacial score (nSPS) is 11.3. The molecule has 9 nitrogen and oxygen atoms in total. The van der Waals surface area contributed by atoms with E-state index in [4.69, 9.17) is 5.73 Å². The van der Waals surface area contributed by atoms with E-state index in [1.165, 1.54) is 28.8 Å². The summed E-state index contributed by atoms with van der Waals surface area (Å²) in [6, 6.07) is 19.4. The highest BCUT2D eigenvalue weighted by Gasteiger charge is 2.32. The molecule has 0 aliphatic carbocycles. The predicted octanol–water partition coefficient (Wildman–Crippen LogP) is 5.21. The van der Waals surface area contributed by atoms with Crippen LogP contribution in [0.3, 0.4) is 0 Å². The zero-order valence-corrected chi connectivity index (χ0v) is 20.9. The largest absolute Gasteiger partial charge is 0.573 e. The molecular formula is C28H20F4N6O3. The standard InChI is InChI=1S/C28H20F4N6O3/c29-21-9-1-16(2-10-21)14-34-26(40)18-5-3-17(4-6-18)20-8-12-24-36-27(37-38(24)15-20)35-22-11-7-19(25(33)39)13-23(22)41-28(30,31)32/h1-13,15H,14H2,(H2,33,39)(H,34,40)(H,35,37). The number of benzene rings is 3. The smallest absolute Gasteiger partial charge is 0.404 e. The molecule has 0 aliphatic heterocycles. The van der Waals surface area contributed by atoms with Gasteiger partial charge in [-0.25, -0.2) is 8.91 Å². The molecule has 2 aromatic heterocycles. The summed E-state index contributed by atoms with van der Waals surface area (Å²) < 4.78 is 57.3. The maximum absolute atomic E-state index is 13.1. The van der Waals surface area contributed by atoms with Gasteiger partial charge in [0.25, 0.3) is 5.91 Å². The van der Waals surface area contributed by atoms with Gasteiger partial charge in [0.1, 0.15) is 5.82 Å². The van der Waals surface area contributed by atoms with Gasteiger partial charge in [-0.3, -0.25) is 9.59 Å². The van der Waals surface area contributed by atoms with E-state index < -0.39 is 18.0 Å². The molecule has 0 saturated carbocycles. The molecular weight excluding hydrogens is 544 g/mol. The fourth-order valence-corrected chi connectivity index (χ4v) is 3.92. The van der Waals surface area contributed by atoms with Gasteiger partial charge in [0, 0.05) is 29.4 Å². The first-order valence-electron chi connectivity index (χ1n) is 12.0. The van der Waals surface area contributed by atoms with Gasteiger partial charge in [0.15, 0.2) is 11.4 Å². The van der Waals surface area contributed by atoms with Crippen molar-refractivity contribution in [2.24, 2.45) is 5.73 Å². The number of ether oxygens (including phenoxy) is 1. The lowest BCUT2D eigenvalue weighted by molar-refractivity contribution is -0.274. The van der Waals surface area contributed by atoms with Gasteiger partial charge in [-0.1, -0.05) is 24.3 Å². The third-order valence-electron chi connectivity index (χ3n) is 5.92. The van der Waals surface area contributed by atoms with E-state index in [-0.39, 0.29) is 35.5 Å². The fraction of sp³-hybridized carbons (Fsp3) is 0.0714. The Hall–Kier alpha value is -5.46. The van der Waals surface area contributed by atoms with Crippen molar-refractivity contribution >= 4 is 29.1 Å². The molecule has 208 valence electrons. The molecule has 0 spiro atoms. The Labute approximate surface area is 229 Å². The van der Waals surface area contributed by atoms with Crippen molar-refractivity contribution in [2.45, 2.75) is 12.9 Å². The van der Waals surface area contributed by atoms with E-state index >= 15 is 0 Å². The van der Waals surface area contributed by atoms with Gasteiger partial charge in [0.05, 0.1) is 5.69 Å². The number of carbonyl (C=O) groups excluding carboxylic acids is 2. The Kier molecular flexibility index (Phi) is 7.25. The Balaban J connectivity index is 1.31. The van der Waals surface area contributed by atoms with Crippen LogP contribution in [-0.2, 0) is 6.54 Å². The van der Waals surface area contributed by atoms with Crippen LogP contribution in [-0.4, -0.2) is 32.8 Å². The minimum Gasteiger partial charge on any atom is -0.404 e. The number of pyridine rings is 1. The summed E-state index contributed by atoms with van der Waals surface area (Å²) in [5.41, 5.74) is 7.98. The third-order valence-corrected chi connectivity index (χ3v) is 5.92. The first kappa shape index (κ1) is 27.1. The lowest BCUT2D eigenvalue weighted by Gasteiger charge is -2.14. The Morgan fingerprint density at radius 1 is 0.902 bits per heavy atom. The van der Waals surface area contributed by atoms with Crippen molar-refractivity contribution < 1.29 is 31.9 Å². The van der Waals surface area contributed by atoms with Gasteiger partial charge in [-0.2, -0.15) is 4.98 Å². The van der Waals surface area contributed by atoms with Gasteiger partial charge in [-0.15, -0.1) is 18.3 Å². The SMILES string of the molecule is NC(=O)c1ccc(Nc2nc3ccc(-c4ccc(C(=O)NCc5ccc(F)cc5)cc4)cn3n2)c(OC(F)(F)F)c1. The molecule has 0 fully saturated rings. The van der Waals surface area contributed by atoms with E-state index in [1.807, 2.05) is 0 Å². The minimum absolute atomic E-state index is 0.0193. The zero-order valence-electron chi connectivity index (χ0n) is 20.9. The molecule has 4 N–H and O–H groups in total. The maximum atomic E-state index is 13.1. The van der Waals surface area contributed by atoms with Gasteiger partial charge < -0.3 is 21.1 Å². The molecule has 3 aromatic carbocycles. The molecule has 0 saturated heterocycles. The molecule has 2 amide bonds. The quantitative estimate of drug-likeness (QED) is 0.223. The van der Waals surface area contributed by atoms with E-state index in [2.05, 4.69) is 25.5 Å². The highest BCUT2D eigenvalue weighted by Crippen LogP contribution is 2.33. The van der Waals surface area contributed by atoms with E-state index in [1.54, 1.807) is 54.7 Å². The second-order valence-corrected chi connectivity index (χ2v) is 8.79. The zero-order chi connectivity index (χ0) is 29.1. The molecule has 5 rings (SSSR count). The molecule has 0 aliphatic rings. The monoisotopic (exact) mass is 564 g/mol. The van der Waals surface area contributed by atoms with Crippen LogP contribution in [0.2, 0.25) is 0 Å². The van der Waals surface area contributed by atoms with Crippen molar-refractivity contribution in [2.75, 3.05) is 5.32 Å². The van der Waals surface area contributed by atoms with Gasteiger partial charge >= 0.3 is 6.36 Å². The number of nitrogens with two attached hydrogens (primary N) is 1. The molecule has 5 aromatic rings. The average Bonchev–Trinajstić information content (AvgIpc) is 3.34. The number of nitrogens with zero attached hydrogens (tertiary/aromatic N) is 3. The number of carbonyl (C=O) groups is 2. The van der Waals surface area contributed by atoms with Crippen molar-refractivity contribution in [1.82, 2.24) is 19.9 Å². The number of nitrogens with one attached hydrogen (secondary N) is 2. The van der Waals surface area contributed by atoms with Crippen molar-refractivity contribution in [3.63, 3.8) is 0 Å². The van der Waals surface area contributed by atoms with Crippen LogP contribution in [0, 0.1) is 5.82 Å². The maximum Gasteiger partial charge on any atom is 0.573 e. The highest BCUT2D eigenvalue weighted by atomic mass is 19.4. The number of halogens is 4. The topological polar surface area (TPSA) is 124 Å². The molecule has 0 bridgehead atoms. The molecule has 0 unspecified atom stereocenters. The number of amides is 2. The minimum atomic E-state index is -5.01. The van der Waals surface area contributed by atoms with Crippen LogP contribution >= 0.6 is 0 Å². The van der Waals surface area contributed by atoms with Gasteiger partial charge in [0.2, 0.25) is 11.9 Å². The summed E-state index contributed by atoms with van der Waals surface area (Å²) in [6.45, 7) is 0.249. The van der Waals surface area contributed by atoms with Crippen molar-refractivity contribution in [3.8, 4) is 16.9 Å².